The average molecular weight is 432 g/mol. The van der Waals surface area contributed by atoms with Crippen LogP contribution >= 0.6 is 0 Å². The summed E-state index contributed by atoms with van der Waals surface area (Å²) in [5.41, 5.74) is 1.73. The van der Waals surface area contributed by atoms with E-state index in [1.807, 2.05) is 39.0 Å². The molecule has 2 aromatic rings. The highest BCUT2D eigenvalue weighted by Gasteiger charge is 2.30. The summed E-state index contributed by atoms with van der Waals surface area (Å²) in [5.74, 6) is 2.48. The quantitative estimate of drug-likeness (QED) is 0.730. The molecular weight excluding hydrogens is 402 g/mol. The Hall–Kier alpha value is -2.23. The minimum atomic E-state index is -3.50. The molecule has 8 nitrogen and oxygen atoms in total. The van der Waals surface area contributed by atoms with E-state index >= 15 is 0 Å². The van der Waals surface area contributed by atoms with Gasteiger partial charge in [-0.05, 0) is 38.0 Å². The van der Waals surface area contributed by atoms with E-state index in [-0.39, 0.29) is 0 Å². The first-order valence-corrected chi connectivity index (χ1v) is 11.8. The summed E-state index contributed by atoms with van der Waals surface area (Å²) in [6, 6.07) is 7.58. The molecule has 0 spiro atoms. The minimum absolute atomic E-state index is 0.406. The number of piperazine rings is 1. The normalized spacial score (nSPS) is 18.6. The fourth-order valence-corrected chi connectivity index (χ4v) is 5.67. The lowest BCUT2D eigenvalue weighted by Gasteiger charge is -2.35. The van der Waals surface area contributed by atoms with Crippen LogP contribution in [0.25, 0.3) is 0 Å². The Morgan fingerprint density at radius 1 is 0.833 bits per heavy atom. The van der Waals surface area contributed by atoms with Crippen molar-refractivity contribution < 1.29 is 13.2 Å². The van der Waals surface area contributed by atoms with Gasteiger partial charge in [-0.1, -0.05) is 12.1 Å². The van der Waals surface area contributed by atoms with Crippen LogP contribution in [0.5, 0.6) is 0 Å². The van der Waals surface area contributed by atoms with Gasteiger partial charge in [0.05, 0.1) is 18.1 Å². The van der Waals surface area contributed by atoms with E-state index < -0.39 is 10.0 Å². The average Bonchev–Trinajstić information content (AvgIpc) is 2.75. The van der Waals surface area contributed by atoms with Gasteiger partial charge in [-0.3, -0.25) is 0 Å². The highest BCUT2D eigenvalue weighted by atomic mass is 32.2. The maximum atomic E-state index is 13.2. The topological polar surface area (TPSA) is 78.9 Å². The van der Waals surface area contributed by atoms with Crippen molar-refractivity contribution >= 4 is 21.7 Å². The Morgan fingerprint density at radius 2 is 1.43 bits per heavy atom. The maximum absolute atomic E-state index is 13.2. The van der Waals surface area contributed by atoms with Crippen LogP contribution in [-0.2, 0) is 14.8 Å². The molecule has 0 saturated carbocycles. The number of hydrogen-bond donors (Lipinski definition) is 0. The molecule has 162 valence electrons. The number of rotatable bonds is 4. The van der Waals surface area contributed by atoms with Gasteiger partial charge in [-0.25, -0.2) is 18.4 Å². The van der Waals surface area contributed by atoms with Crippen molar-refractivity contribution in [1.29, 1.82) is 0 Å². The number of sulfonamides is 1. The summed E-state index contributed by atoms with van der Waals surface area (Å²) in [7, 11) is -3.50. The fraction of sp³-hybridized carbons (Fsp3) is 0.524. The van der Waals surface area contributed by atoms with Gasteiger partial charge in [-0.2, -0.15) is 4.31 Å². The molecule has 4 rings (SSSR count). The lowest BCUT2D eigenvalue weighted by atomic mass is 10.2. The highest BCUT2D eigenvalue weighted by Crippen LogP contribution is 2.25. The first kappa shape index (κ1) is 21.0. The summed E-state index contributed by atoms with van der Waals surface area (Å²) in [4.78, 5) is 14.0. The zero-order chi connectivity index (χ0) is 21.3. The minimum Gasteiger partial charge on any atom is -0.378 e. The van der Waals surface area contributed by atoms with E-state index in [2.05, 4.69) is 19.8 Å². The predicted molar refractivity (Wildman–Crippen MR) is 117 cm³/mol. The van der Waals surface area contributed by atoms with Crippen LogP contribution in [0.3, 0.4) is 0 Å². The third-order valence-corrected chi connectivity index (χ3v) is 7.71. The summed E-state index contributed by atoms with van der Waals surface area (Å²) in [5, 5.41) is 0. The van der Waals surface area contributed by atoms with Crippen molar-refractivity contribution in [3.05, 3.63) is 41.2 Å². The van der Waals surface area contributed by atoms with Crippen LogP contribution < -0.4 is 9.80 Å². The van der Waals surface area contributed by atoms with E-state index in [9.17, 15) is 8.42 Å². The van der Waals surface area contributed by atoms with E-state index in [4.69, 9.17) is 4.74 Å². The molecule has 2 fully saturated rings. The summed E-state index contributed by atoms with van der Waals surface area (Å²) < 4.78 is 33.4. The Kier molecular flexibility index (Phi) is 5.95. The lowest BCUT2D eigenvalue weighted by Crippen LogP contribution is -2.49. The van der Waals surface area contributed by atoms with Crippen molar-refractivity contribution in [1.82, 2.24) is 14.3 Å². The number of ether oxygens (including phenoxy) is 1. The molecule has 1 aromatic heterocycles. The molecule has 2 aliphatic rings. The molecule has 0 N–H and O–H groups in total. The summed E-state index contributed by atoms with van der Waals surface area (Å²) in [6.45, 7) is 10.8. The molecule has 3 heterocycles. The number of hydrogen-bond acceptors (Lipinski definition) is 7. The first-order valence-electron chi connectivity index (χ1n) is 10.4. The Morgan fingerprint density at radius 3 is 2.07 bits per heavy atom. The molecule has 0 unspecified atom stereocenters. The van der Waals surface area contributed by atoms with Crippen LogP contribution in [0.2, 0.25) is 0 Å². The van der Waals surface area contributed by atoms with Gasteiger partial charge >= 0.3 is 0 Å². The third kappa shape index (κ3) is 4.28. The fourth-order valence-electron chi connectivity index (χ4n) is 3.93. The number of benzene rings is 1. The molecule has 2 aliphatic heterocycles. The van der Waals surface area contributed by atoms with Gasteiger partial charge in [-0.15, -0.1) is 0 Å². The van der Waals surface area contributed by atoms with E-state index in [1.54, 1.807) is 10.4 Å². The Labute approximate surface area is 178 Å². The number of anilines is 2. The van der Waals surface area contributed by atoms with Gasteiger partial charge in [0.15, 0.2) is 0 Å². The van der Waals surface area contributed by atoms with E-state index in [0.29, 0.717) is 44.3 Å². The number of morpholine rings is 1. The van der Waals surface area contributed by atoms with Crippen molar-refractivity contribution in [2.24, 2.45) is 0 Å². The SMILES string of the molecule is Cc1ccc(C)c(S(=O)(=O)N2CCN(c3cc(N4CCOCC4)nc(C)n3)CC2)c1. The van der Waals surface area contributed by atoms with E-state index in [0.717, 1.165) is 41.7 Å². The molecule has 0 aliphatic carbocycles. The molecule has 0 radical (unpaired) electrons. The zero-order valence-corrected chi connectivity index (χ0v) is 18.7. The molecule has 2 saturated heterocycles. The second kappa shape index (κ2) is 8.49. The maximum Gasteiger partial charge on any atom is 0.243 e. The largest absolute Gasteiger partial charge is 0.378 e. The Balaban J connectivity index is 1.49. The van der Waals surface area contributed by atoms with Gasteiger partial charge < -0.3 is 14.5 Å². The Bertz CT molecular complexity index is 1010. The summed E-state index contributed by atoms with van der Waals surface area (Å²) >= 11 is 0. The van der Waals surface area contributed by atoms with E-state index in [1.165, 1.54) is 0 Å². The predicted octanol–water partition coefficient (Wildman–Crippen LogP) is 1.75. The van der Waals surface area contributed by atoms with Gasteiger partial charge in [0.25, 0.3) is 0 Å². The van der Waals surface area contributed by atoms with Crippen LogP contribution in [0, 0.1) is 20.8 Å². The van der Waals surface area contributed by atoms with Gasteiger partial charge in [0.2, 0.25) is 10.0 Å². The zero-order valence-electron chi connectivity index (χ0n) is 17.8. The van der Waals surface area contributed by atoms with Crippen molar-refractivity contribution in [3.63, 3.8) is 0 Å². The van der Waals surface area contributed by atoms with Crippen molar-refractivity contribution in [3.8, 4) is 0 Å². The molecular formula is C21H29N5O3S. The molecule has 0 bridgehead atoms. The molecule has 0 amide bonds. The molecule has 9 heteroatoms. The third-order valence-electron chi connectivity index (χ3n) is 5.67. The molecule has 1 aromatic carbocycles. The number of aryl methyl sites for hydroxylation is 3. The van der Waals surface area contributed by atoms with Crippen molar-refractivity contribution in [2.75, 3.05) is 62.3 Å². The standard InChI is InChI=1S/C21H29N5O3S/c1-16-4-5-17(2)19(14-16)30(27,28)26-8-6-24(7-9-26)20-15-21(23-18(3)22-20)25-10-12-29-13-11-25/h4-5,14-15H,6-13H2,1-3H3. The molecule has 0 atom stereocenters. The van der Waals surface area contributed by atoms with Crippen molar-refractivity contribution in [2.45, 2.75) is 25.7 Å². The van der Waals surface area contributed by atoms with Crippen LogP contribution in [0.1, 0.15) is 17.0 Å². The smallest absolute Gasteiger partial charge is 0.243 e. The molecule has 30 heavy (non-hydrogen) atoms. The second-order valence-electron chi connectivity index (χ2n) is 7.89. The van der Waals surface area contributed by atoms with Crippen LogP contribution in [0.15, 0.2) is 29.2 Å². The first-order chi connectivity index (χ1) is 14.3. The van der Waals surface area contributed by atoms with Crippen LogP contribution in [0.4, 0.5) is 11.6 Å². The number of nitrogens with zero attached hydrogens (tertiary/aromatic N) is 5. The lowest BCUT2D eigenvalue weighted by molar-refractivity contribution is 0.122. The monoisotopic (exact) mass is 431 g/mol. The van der Waals surface area contributed by atoms with Gasteiger partial charge in [0.1, 0.15) is 17.5 Å². The van der Waals surface area contributed by atoms with Crippen LogP contribution in [-0.4, -0.2) is 75.2 Å². The number of aromatic nitrogens is 2. The van der Waals surface area contributed by atoms with Gasteiger partial charge in [0, 0.05) is 45.3 Å². The highest BCUT2D eigenvalue weighted by molar-refractivity contribution is 7.89. The summed E-state index contributed by atoms with van der Waals surface area (Å²) in [6.07, 6.45) is 0. The second-order valence-corrected chi connectivity index (χ2v) is 9.80.